The van der Waals surface area contributed by atoms with Gasteiger partial charge in [-0.2, -0.15) is 33.7 Å². The molecule has 0 aliphatic carbocycles. The van der Waals surface area contributed by atoms with E-state index in [-0.39, 0.29) is 50.9 Å². The number of aromatic nitrogens is 6. The fourth-order valence-electron chi connectivity index (χ4n) is 3.52. The van der Waals surface area contributed by atoms with Crippen molar-refractivity contribution in [3.8, 4) is 11.8 Å². The molecule has 314 valence electrons. The minimum atomic E-state index is -4.35. The smallest absolute Gasteiger partial charge is 0.355 e. The van der Waals surface area contributed by atoms with E-state index in [1.165, 1.54) is 6.92 Å². The van der Waals surface area contributed by atoms with Crippen LogP contribution in [-0.2, 0) is 36.2 Å². The Bertz CT molecular complexity index is 1900. The predicted octanol–water partition coefficient (Wildman–Crippen LogP) is 3.57. The van der Waals surface area contributed by atoms with Crippen LogP contribution in [-0.4, -0.2) is 107 Å². The van der Waals surface area contributed by atoms with Crippen molar-refractivity contribution >= 4 is 77.1 Å². The number of esters is 1. The molecule has 3 rings (SSSR count). The number of aryl methyl sites for hydroxylation is 1. The zero-order valence-corrected chi connectivity index (χ0v) is 35.4. The van der Waals surface area contributed by atoms with Crippen LogP contribution >= 0.6 is 42.4 Å². The van der Waals surface area contributed by atoms with Crippen LogP contribution in [0.4, 0.5) is 25.1 Å². The van der Waals surface area contributed by atoms with E-state index in [9.17, 15) is 37.0 Å². The van der Waals surface area contributed by atoms with Crippen molar-refractivity contribution in [3.05, 3.63) is 50.1 Å². The van der Waals surface area contributed by atoms with Gasteiger partial charge in [-0.15, -0.1) is 16.7 Å². The third-order valence-corrected chi connectivity index (χ3v) is 7.17. The average molecular weight is 898 g/mol. The first-order chi connectivity index (χ1) is 25.8. The van der Waals surface area contributed by atoms with Crippen LogP contribution in [0.2, 0.25) is 10.3 Å². The lowest BCUT2D eigenvalue weighted by Crippen LogP contribution is -2.29. The Hall–Kier alpha value is -3.68. The standard InChI is InChI=1S/C15H14Cl2F3N3O3.C9H13ClN6.C3H8NO5P.C3H9S/c1-3-26-13(24)10(17)4-8-5-12(11(18)6-9(8)16)23-15(25)22(14(19)20)7(2)21-23;1-4-12-7-13-6(10)14-8(15-7)16-9(2,3)5-11;5-3(6)1-4-2-10(7,8)9;1-4(2)3/h5-6,10,14H,3-4H2,1-2H3;4H2,1-3H3,(H2,12,13,14,15,16);4H,1-2H2,(H,5,6)(H2,7,8,9);1-3H3/q;;;+1/p-1. The highest BCUT2D eigenvalue weighted by Gasteiger charge is 2.24. The lowest BCUT2D eigenvalue weighted by Gasteiger charge is -2.17. The van der Waals surface area contributed by atoms with Crippen molar-refractivity contribution < 1.29 is 47.0 Å². The Morgan fingerprint density at radius 2 is 1.73 bits per heavy atom. The number of hydrogen-bond acceptors (Lipinski definition) is 14. The lowest BCUT2D eigenvalue weighted by molar-refractivity contribution is -0.193. The number of aliphatic carboxylic acids is 1. The van der Waals surface area contributed by atoms with Gasteiger partial charge in [-0.25, -0.2) is 13.8 Å². The summed E-state index contributed by atoms with van der Waals surface area (Å²) in [5.74, 6) is -2.43. The normalized spacial score (nSPS) is 12.4. The molecule has 0 saturated heterocycles. The number of nitriles is 1. The molecule has 5 N–H and O–H groups in total. The number of ether oxygens (including phenoxy) is 1. The quantitative estimate of drug-likeness (QED) is 0.0670. The summed E-state index contributed by atoms with van der Waals surface area (Å²) < 4.78 is 55.4. The van der Waals surface area contributed by atoms with E-state index in [0.717, 1.165) is 12.1 Å². The molecule has 26 heteroatoms. The molecule has 2 heterocycles. The second-order valence-corrected chi connectivity index (χ2v) is 17.0. The van der Waals surface area contributed by atoms with E-state index >= 15 is 0 Å². The number of halogens is 6. The largest absolute Gasteiger partial charge is 0.778 e. The molecule has 0 spiro atoms. The Morgan fingerprint density at radius 1 is 1.16 bits per heavy atom. The van der Waals surface area contributed by atoms with Crippen molar-refractivity contribution in [3.63, 3.8) is 0 Å². The summed E-state index contributed by atoms with van der Waals surface area (Å²) in [7, 11) is -3.71. The van der Waals surface area contributed by atoms with Crippen LogP contribution in [0.15, 0.2) is 16.9 Å². The van der Waals surface area contributed by atoms with Gasteiger partial charge in [0.1, 0.15) is 30.0 Å². The molecule has 2 unspecified atom stereocenters. The van der Waals surface area contributed by atoms with Crippen molar-refractivity contribution in [1.29, 1.82) is 5.26 Å². The highest BCUT2D eigenvalue weighted by atomic mass is 35.5. The van der Waals surface area contributed by atoms with E-state index < -0.39 is 61.3 Å². The number of nitrogens with zero attached hydrogens (tertiary/aromatic N) is 7. The van der Waals surface area contributed by atoms with Crippen molar-refractivity contribution in [2.24, 2.45) is 0 Å². The highest BCUT2D eigenvalue weighted by molar-refractivity contribution is 7.94. The number of rotatable bonds is 14. The van der Waals surface area contributed by atoms with E-state index in [1.807, 2.05) is 12.2 Å². The maximum Gasteiger partial charge on any atom is 0.355 e. The molecule has 0 saturated carbocycles. The number of carbonyl (C=O) groups excluding carboxylic acids is 1. The monoisotopic (exact) mass is 896 g/mol. The molecule has 1 aromatic carbocycles. The van der Waals surface area contributed by atoms with Crippen LogP contribution < -0.4 is 26.5 Å². The van der Waals surface area contributed by atoms with Gasteiger partial charge in [0.15, 0.2) is 5.82 Å². The molecule has 0 bridgehead atoms. The number of hydrogen-bond donors (Lipinski definition) is 5. The lowest BCUT2D eigenvalue weighted by atomic mass is 10.1. The molecular weight excluding hydrogens is 855 g/mol. The minimum Gasteiger partial charge on any atom is -0.778 e. The maximum atomic E-state index is 14.2. The number of anilines is 2. The van der Waals surface area contributed by atoms with Gasteiger partial charge in [-0.3, -0.25) is 14.9 Å². The summed E-state index contributed by atoms with van der Waals surface area (Å²) in [4.78, 5) is 63.3. The van der Waals surface area contributed by atoms with Crippen LogP contribution in [0.1, 0.15) is 45.6 Å². The van der Waals surface area contributed by atoms with E-state index in [2.05, 4.69) is 55.5 Å². The topological polar surface area (TPSA) is 262 Å². The molecule has 0 fully saturated rings. The molecule has 0 radical (unpaired) electrons. The molecule has 0 aliphatic rings. The van der Waals surface area contributed by atoms with E-state index in [0.29, 0.717) is 28.1 Å². The van der Waals surface area contributed by atoms with Gasteiger partial charge in [-0.1, -0.05) is 11.6 Å². The van der Waals surface area contributed by atoms with Crippen LogP contribution in [0.5, 0.6) is 0 Å². The third kappa shape index (κ3) is 20.5. The molecule has 2 atom stereocenters. The SMILES string of the molecule is CCNc1nc(Cl)nc(NC(C)(C)C#N)n1.CCOC(=O)C(Cl)Cc1cc(-n2nc(C)n(C(F)F)c2=O)c(F)cc1Cl.C[S+](C)C.O=C(O)CNCP(=O)([O-])O. The van der Waals surface area contributed by atoms with Crippen LogP contribution in [0, 0.1) is 24.1 Å². The van der Waals surface area contributed by atoms with Gasteiger partial charge in [0.05, 0.1) is 44.3 Å². The summed E-state index contributed by atoms with van der Waals surface area (Å²) in [6.07, 6.45) is 5.76. The zero-order chi connectivity index (χ0) is 43.6. The van der Waals surface area contributed by atoms with Crippen molar-refractivity contribution in [2.45, 2.75) is 58.5 Å². The fourth-order valence-corrected chi connectivity index (χ4v) is 4.53. The van der Waals surface area contributed by atoms with Crippen LogP contribution in [0.3, 0.4) is 0 Å². The minimum absolute atomic E-state index is 0.0424. The summed E-state index contributed by atoms with van der Waals surface area (Å²) >= 11 is 17.6. The van der Waals surface area contributed by atoms with Crippen LogP contribution in [0.25, 0.3) is 5.69 Å². The number of carbonyl (C=O) groups is 2. The molecule has 0 aliphatic heterocycles. The predicted molar refractivity (Wildman–Crippen MR) is 207 cm³/mol. The number of alkyl halides is 3. The first kappa shape index (κ1) is 52.3. The molecule has 3 aromatic rings. The van der Waals surface area contributed by atoms with Crippen molar-refractivity contribution in [1.82, 2.24) is 34.6 Å². The zero-order valence-electron chi connectivity index (χ0n) is 31.4. The van der Waals surface area contributed by atoms with Gasteiger partial charge in [0, 0.05) is 18.0 Å². The number of nitrogens with one attached hydrogen (secondary N) is 3. The number of benzene rings is 1. The second kappa shape index (κ2) is 24.8. The van der Waals surface area contributed by atoms with Gasteiger partial charge in [0.25, 0.3) is 0 Å². The number of carboxylic acids is 1. The summed E-state index contributed by atoms with van der Waals surface area (Å²) in [5.41, 5.74) is -2.12. The summed E-state index contributed by atoms with van der Waals surface area (Å²) in [5, 5.41) is 27.2. The number of carboxylic acid groups (broad SMARTS) is 1. The Morgan fingerprint density at radius 3 is 2.20 bits per heavy atom. The Labute approximate surface area is 338 Å². The second-order valence-electron chi connectivity index (χ2n) is 11.7. The van der Waals surface area contributed by atoms with Crippen molar-refractivity contribution in [2.75, 3.05) is 55.4 Å². The molecule has 0 amide bonds. The van der Waals surface area contributed by atoms with E-state index in [4.69, 9.17) is 54.8 Å². The molecule has 56 heavy (non-hydrogen) atoms. The molecular formula is C30H43Cl3F3N10O8PS. The van der Waals surface area contributed by atoms with Gasteiger partial charge in [0.2, 0.25) is 17.2 Å². The summed E-state index contributed by atoms with van der Waals surface area (Å²) in [6.45, 7) is 5.37. The highest BCUT2D eigenvalue weighted by Crippen LogP contribution is 2.26. The first-order valence-corrected chi connectivity index (χ1v) is 21.2. The average Bonchev–Trinajstić information content (AvgIpc) is 3.34. The van der Waals surface area contributed by atoms with Gasteiger partial charge >= 0.3 is 24.2 Å². The van der Waals surface area contributed by atoms with Gasteiger partial charge < -0.3 is 34.8 Å². The molecule has 2 aromatic heterocycles. The van der Waals surface area contributed by atoms with E-state index in [1.54, 1.807) is 20.8 Å². The Balaban J connectivity index is 0.000000854. The molecule has 18 nitrogen and oxygen atoms in total. The Kier molecular flexibility index (Phi) is 23.2. The summed E-state index contributed by atoms with van der Waals surface area (Å²) in [6, 6.07) is 4.11. The maximum absolute atomic E-state index is 14.2. The van der Waals surface area contributed by atoms with Gasteiger partial charge in [-0.05, 0) is 74.8 Å². The first-order valence-electron chi connectivity index (χ1n) is 15.8. The third-order valence-electron chi connectivity index (χ3n) is 5.70. The fraction of sp³-hybridized carbons (Fsp3) is 0.533.